The molecular formula is C17H23N3O4. The fourth-order valence-electron chi connectivity index (χ4n) is 2.68. The minimum Gasteiger partial charge on any atom is -0.481 e. The number of carbonyl (C=O) groups is 3. The maximum Gasteiger partial charge on any atom is 0.306 e. The van der Waals surface area contributed by atoms with Crippen molar-refractivity contribution in [2.45, 2.75) is 26.2 Å². The molecule has 0 atom stereocenters. The van der Waals surface area contributed by atoms with Crippen molar-refractivity contribution in [2.75, 3.05) is 26.7 Å². The molecule has 7 nitrogen and oxygen atoms in total. The van der Waals surface area contributed by atoms with Crippen molar-refractivity contribution in [3.8, 4) is 0 Å². The second-order valence-corrected chi connectivity index (χ2v) is 6.23. The quantitative estimate of drug-likeness (QED) is 0.857. The van der Waals surface area contributed by atoms with E-state index in [0.717, 1.165) is 11.3 Å². The minimum atomic E-state index is -0.805. The zero-order valence-electron chi connectivity index (χ0n) is 14.1. The van der Waals surface area contributed by atoms with E-state index in [2.05, 4.69) is 4.98 Å². The average Bonchev–Trinajstić information content (AvgIpc) is 2.56. The largest absolute Gasteiger partial charge is 0.481 e. The standard InChI is InChI=1S/C17H23N3O4/c1-12-3-4-13(10-18-12)9-15(21)19(2)11-16(22)20-7-5-14(6-8-20)17(23)24/h3-4,10,14H,5-9,11H2,1-2H3,(H,23,24). The molecule has 0 aliphatic carbocycles. The molecule has 2 heterocycles. The van der Waals surface area contributed by atoms with Gasteiger partial charge in [-0.3, -0.25) is 19.4 Å². The number of aliphatic carboxylic acids is 1. The van der Waals surface area contributed by atoms with Crippen molar-refractivity contribution in [3.05, 3.63) is 29.6 Å². The van der Waals surface area contributed by atoms with Gasteiger partial charge in [0.2, 0.25) is 11.8 Å². The van der Waals surface area contributed by atoms with Crippen molar-refractivity contribution in [1.29, 1.82) is 0 Å². The fourth-order valence-corrected chi connectivity index (χ4v) is 2.68. The second kappa shape index (κ2) is 7.90. The van der Waals surface area contributed by atoms with Crippen LogP contribution in [0.3, 0.4) is 0 Å². The Bertz CT molecular complexity index is 607. The topological polar surface area (TPSA) is 90.8 Å². The lowest BCUT2D eigenvalue weighted by Gasteiger charge is -2.31. The molecule has 1 N–H and O–H groups in total. The van der Waals surface area contributed by atoms with Crippen LogP contribution in [0.5, 0.6) is 0 Å². The SMILES string of the molecule is Cc1ccc(CC(=O)N(C)CC(=O)N2CCC(C(=O)O)CC2)cn1. The second-order valence-electron chi connectivity index (χ2n) is 6.23. The van der Waals surface area contributed by atoms with E-state index in [1.54, 1.807) is 18.1 Å². The number of rotatable bonds is 5. The van der Waals surface area contributed by atoms with Gasteiger partial charge in [0.1, 0.15) is 0 Å². The maximum atomic E-state index is 12.3. The van der Waals surface area contributed by atoms with Gasteiger partial charge >= 0.3 is 5.97 Å². The number of hydrogen-bond donors (Lipinski definition) is 1. The number of piperidine rings is 1. The zero-order chi connectivity index (χ0) is 17.7. The van der Waals surface area contributed by atoms with Crippen molar-refractivity contribution < 1.29 is 19.5 Å². The van der Waals surface area contributed by atoms with E-state index in [1.807, 2.05) is 19.1 Å². The van der Waals surface area contributed by atoms with Crippen LogP contribution < -0.4 is 0 Å². The summed E-state index contributed by atoms with van der Waals surface area (Å²) >= 11 is 0. The van der Waals surface area contributed by atoms with Crippen LogP contribution in [-0.4, -0.2) is 64.4 Å². The van der Waals surface area contributed by atoms with Gasteiger partial charge in [0.25, 0.3) is 0 Å². The number of carboxylic acid groups (broad SMARTS) is 1. The van der Waals surface area contributed by atoms with Crippen LogP contribution in [0.4, 0.5) is 0 Å². The van der Waals surface area contributed by atoms with Crippen molar-refractivity contribution in [3.63, 3.8) is 0 Å². The number of aryl methyl sites for hydroxylation is 1. The molecule has 0 bridgehead atoms. The van der Waals surface area contributed by atoms with Gasteiger partial charge in [-0.25, -0.2) is 0 Å². The summed E-state index contributed by atoms with van der Waals surface area (Å²) in [5.74, 6) is -1.46. The molecule has 1 aromatic rings. The number of carbonyl (C=O) groups excluding carboxylic acids is 2. The Morgan fingerprint density at radius 1 is 1.29 bits per heavy atom. The van der Waals surface area contributed by atoms with Gasteiger partial charge in [0, 0.05) is 32.0 Å². The molecule has 0 aromatic carbocycles. The lowest BCUT2D eigenvalue weighted by molar-refractivity contribution is -0.146. The maximum absolute atomic E-state index is 12.3. The van der Waals surface area contributed by atoms with Gasteiger partial charge in [-0.1, -0.05) is 6.07 Å². The minimum absolute atomic E-state index is 0.00978. The third-order valence-corrected chi connectivity index (χ3v) is 4.32. The molecule has 0 spiro atoms. The number of amides is 2. The Morgan fingerprint density at radius 2 is 1.96 bits per heavy atom. The van der Waals surface area contributed by atoms with Crippen LogP contribution in [0.1, 0.15) is 24.1 Å². The van der Waals surface area contributed by atoms with E-state index in [0.29, 0.717) is 25.9 Å². The summed E-state index contributed by atoms with van der Waals surface area (Å²) in [7, 11) is 1.60. The Kier molecular flexibility index (Phi) is 5.89. The van der Waals surface area contributed by atoms with Crippen LogP contribution in [0.15, 0.2) is 18.3 Å². The van der Waals surface area contributed by atoms with Crippen molar-refractivity contribution >= 4 is 17.8 Å². The first-order chi connectivity index (χ1) is 11.4. The van der Waals surface area contributed by atoms with Crippen LogP contribution in [0.2, 0.25) is 0 Å². The molecule has 2 rings (SSSR count). The van der Waals surface area contributed by atoms with Crippen LogP contribution in [0, 0.1) is 12.8 Å². The highest BCUT2D eigenvalue weighted by Gasteiger charge is 2.27. The summed E-state index contributed by atoms with van der Waals surface area (Å²) in [5.41, 5.74) is 1.70. The third-order valence-electron chi connectivity index (χ3n) is 4.32. The number of carboxylic acids is 1. The number of hydrogen-bond acceptors (Lipinski definition) is 4. The van der Waals surface area contributed by atoms with Crippen LogP contribution >= 0.6 is 0 Å². The summed E-state index contributed by atoms with van der Waals surface area (Å²) in [6.07, 6.45) is 2.80. The zero-order valence-corrected chi connectivity index (χ0v) is 14.1. The number of nitrogens with zero attached hydrogens (tertiary/aromatic N) is 3. The van der Waals surface area contributed by atoms with Gasteiger partial charge in [-0.2, -0.15) is 0 Å². The summed E-state index contributed by atoms with van der Waals surface area (Å²) in [6, 6.07) is 3.70. The Hall–Kier alpha value is -2.44. The summed E-state index contributed by atoms with van der Waals surface area (Å²) in [5, 5.41) is 8.98. The molecule has 24 heavy (non-hydrogen) atoms. The van der Waals surface area contributed by atoms with E-state index < -0.39 is 5.97 Å². The molecule has 1 aliphatic rings. The summed E-state index contributed by atoms with van der Waals surface area (Å²) < 4.78 is 0. The van der Waals surface area contributed by atoms with E-state index in [-0.39, 0.29) is 30.7 Å². The number of likely N-dealkylation sites (N-methyl/N-ethyl adjacent to an activating group) is 1. The van der Waals surface area contributed by atoms with Gasteiger partial charge < -0.3 is 14.9 Å². The van der Waals surface area contributed by atoms with Gasteiger partial charge in [-0.15, -0.1) is 0 Å². The van der Waals surface area contributed by atoms with Crippen LogP contribution in [0.25, 0.3) is 0 Å². The fraction of sp³-hybridized carbons (Fsp3) is 0.529. The Morgan fingerprint density at radius 3 is 2.50 bits per heavy atom. The van der Waals surface area contributed by atoms with Crippen LogP contribution in [-0.2, 0) is 20.8 Å². The molecule has 0 unspecified atom stereocenters. The van der Waals surface area contributed by atoms with Crippen molar-refractivity contribution in [2.24, 2.45) is 5.92 Å². The lowest BCUT2D eigenvalue weighted by atomic mass is 9.97. The summed E-state index contributed by atoms with van der Waals surface area (Å²) in [4.78, 5) is 42.6. The van der Waals surface area contributed by atoms with Gasteiger partial charge in [0.05, 0.1) is 18.9 Å². The predicted molar refractivity (Wildman–Crippen MR) is 87.3 cm³/mol. The number of pyridine rings is 1. The molecule has 0 radical (unpaired) electrons. The molecule has 1 fully saturated rings. The smallest absolute Gasteiger partial charge is 0.306 e. The highest BCUT2D eigenvalue weighted by Crippen LogP contribution is 2.17. The molecule has 7 heteroatoms. The van der Waals surface area contributed by atoms with Crippen molar-refractivity contribution in [1.82, 2.24) is 14.8 Å². The number of aromatic nitrogens is 1. The molecular weight excluding hydrogens is 310 g/mol. The average molecular weight is 333 g/mol. The van der Waals surface area contributed by atoms with Gasteiger partial charge in [0.15, 0.2) is 0 Å². The highest BCUT2D eigenvalue weighted by atomic mass is 16.4. The first-order valence-electron chi connectivity index (χ1n) is 8.03. The molecule has 2 amide bonds. The van der Waals surface area contributed by atoms with E-state index >= 15 is 0 Å². The molecule has 1 aliphatic heterocycles. The monoisotopic (exact) mass is 333 g/mol. The first-order valence-corrected chi connectivity index (χ1v) is 8.03. The van der Waals surface area contributed by atoms with E-state index in [1.165, 1.54) is 4.90 Å². The first kappa shape index (κ1) is 17.9. The third kappa shape index (κ3) is 4.78. The van der Waals surface area contributed by atoms with E-state index in [9.17, 15) is 14.4 Å². The van der Waals surface area contributed by atoms with Gasteiger partial charge in [-0.05, 0) is 31.4 Å². The van der Waals surface area contributed by atoms with E-state index in [4.69, 9.17) is 5.11 Å². The Balaban J connectivity index is 1.81. The summed E-state index contributed by atoms with van der Waals surface area (Å²) in [6.45, 7) is 2.75. The normalized spacial score (nSPS) is 15.2. The highest BCUT2D eigenvalue weighted by molar-refractivity contribution is 5.85. The Labute approximate surface area is 141 Å². The number of likely N-dealkylation sites (tertiary alicyclic amines) is 1. The lowest BCUT2D eigenvalue weighted by Crippen LogP contribution is -2.45. The molecule has 1 aromatic heterocycles. The molecule has 1 saturated heterocycles. The molecule has 0 saturated carbocycles. The molecule has 130 valence electrons. The predicted octanol–water partition coefficient (Wildman–Crippen LogP) is 0.714.